The van der Waals surface area contributed by atoms with Gasteiger partial charge in [-0.15, -0.1) is 0 Å². The van der Waals surface area contributed by atoms with E-state index < -0.39 is 5.97 Å². The Morgan fingerprint density at radius 2 is 2.05 bits per heavy atom. The summed E-state index contributed by atoms with van der Waals surface area (Å²) in [4.78, 5) is 11.6. The predicted octanol–water partition coefficient (Wildman–Crippen LogP) is 4.81. The summed E-state index contributed by atoms with van der Waals surface area (Å²) in [5.74, 6) is -0.442. The van der Waals surface area contributed by atoms with Crippen molar-refractivity contribution in [3.05, 3.63) is 62.6 Å². The van der Waals surface area contributed by atoms with Gasteiger partial charge < -0.3 is 10.1 Å². The number of carbonyl (C=O) groups excluding carboxylic acids is 1. The Morgan fingerprint density at radius 3 is 2.71 bits per heavy atom. The van der Waals surface area contributed by atoms with Crippen molar-refractivity contribution in [2.75, 3.05) is 12.4 Å². The van der Waals surface area contributed by atoms with Crippen LogP contribution in [0.5, 0.6) is 0 Å². The molecule has 0 aliphatic carbocycles. The number of hydrogen-bond acceptors (Lipinski definition) is 3. The maximum atomic E-state index is 11.6. The van der Waals surface area contributed by atoms with E-state index in [4.69, 9.17) is 16.3 Å². The predicted molar refractivity (Wildman–Crippen MR) is 89.0 cm³/mol. The summed E-state index contributed by atoms with van der Waals surface area (Å²) < 4.78 is 5.80. The lowest BCUT2D eigenvalue weighted by Crippen LogP contribution is -2.05. The zero-order chi connectivity index (χ0) is 15.4. The molecule has 0 bridgehead atoms. The van der Waals surface area contributed by atoms with Crippen molar-refractivity contribution in [3.8, 4) is 0 Å². The molecule has 2 rings (SSSR count). The number of nitrogens with one attached hydrogen (secondary N) is 1. The highest BCUT2D eigenvalue weighted by atomic mass is 79.9. The molecule has 0 radical (unpaired) electrons. The van der Waals surface area contributed by atoms with E-state index in [1.54, 1.807) is 12.1 Å². The number of hydrogen-bond donors (Lipinski definition) is 1. The van der Waals surface area contributed by atoms with E-state index in [0.29, 0.717) is 17.1 Å². The summed E-state index contributed by atoms with van der Waals surface area (Å²) in [5.41, 5.74) is 3.52. The van der Waals surface area contributed by atoms with Gasteiger partial charge >= 0.3 is 5.97 Å². The highest BCUT2D eigenvalue weighted by Gasteiger charge is 2.11. The minimum Gasteiger partial charge on any atom is -0.465 e. The van der Waals surface area contributed by atoms with Gasteiger partial charge in [0.1, 0.15) is 0 Å². The Bertz CT molecular complexity index is 673. The minimum atomic E-state index is -0.442. The molecule has 0 heterocycles. The van der Waals surface area contributed by atoms with Crippen molar-refractivity contribution < 1.29 is 9.53 Å². The second kappa shape index (κ2) is 6.96. The molecule has 2 aromatic rings. The van der Waals surface area contributed by atoms with Gasteiger partial charge in [-0.3, -0.25) is 0 Å². The molecule has 0 unspecified atom stereocenters. The number of carbonyl (C=O) groups is 1. The number of rotatable bonds is 4. The first-order valence-corrected chi connectivity index (χ1v) is 7.55. The SMILES string of the molecule is COC(=O)c1cc(NCc2ccc(Br)c(C)c2)ccc1Cl. The fourth-order valence-corrected chi connectivity index (χ4v) is 2.36. The fourth-order valence-electron chi connectivity index (χ4n) is 1.92. The Morgan fingerprint density at radius 1 is 1.29 bits per heavy atom. The maximum Gasteiger partial charge on any atom is 0.339 e. The largest absolute Gasteiger partial charge is 0.465 e. The standard InChI is InChI=1S/C16H15BrClNO2/c1-10-7-11(3-5-14(10)17)9-19-12-4-6-15(18)13(8-12)16(20)21-2/h3-8,19H,9H2,1-2H3. The Labute approximate surface area is 137 Å². The van der Waals surface area contributed by atoms with Crippen molar-refractivity contribution in [2.45, 2.75) is 13.5 Å². The van der Waals surface area contributed by atoms with Crippen molar-refractivity contribution in [1.82, 2.24) is 0 Å². The second-order valence-corrected chi connectivity index (χ2v) is 5.88. The Hall–Kier alpha value is -1.52. The van der Waals surface area contributed by atoms with Crippen LogP contribution in [0.4, 0.5) is 5.69 Å². The first-order valence-electron chi connectivity index (χ1n) is 6.38. The molecule has 0 saturated heterocycles. The van der Waals surface area contributed by atoms with Crippen LogP contribution in [0.2, 0.25) is 5.02 Å². The van der Waals surface area contributed by atoms with Crippen LogP contribution in [0.1, 0.15) is 21.5 Å². The van der Waals surface area contributed by atoms with Crippen LogP contribution in [0, 0.1) is 6.92 Å². The van der Waals surface area contributed by atoms with Crippen molar-refractivity contribution in [3.63, 3.8) is 0 Å². The van der Waals surface area contributed by atoms with Gasteiger partial charge in [-0.25, -0.2) is 4.79 Å². The first-order chi connectivity index (χ1) is 10.0. The van der Waals surface area contributed by atoms with Crippen LogP contribution in [0.15, 0.2) is 40.9 Å². The van der Waals surface area contributed by atoms with E-state index in [9.17, 15) is 4.79 Å². The molecule has 0 aromatic heterocycles. The van der Waals surface area contributed by atoms with Gasteiger partial charge in [-0.05, 0) is 42.3 Å². The van der Waals surface area contributed by atoms with E-state index in [0.717, 1.165) is 15.7 Å². The van der Waals surface area contributed by atoms with Gasteiger partial charge in [0, 0.05) is 16.7 Å². The highest BCUT2D eigenvalue weighted by molar-refractivity contribution is 9.10. The summed E-state index contributed by atoms with van der Waals surface area (Å²) in [5, 5.41) is 3.65. The normalized spacial score (nSPS) is 10.3. The summed E-state index contributed by atoms with van der Waals surface area (Å²) in [6.07, 6.45) is 0. The second-order valence-electron chi connectivity index (χ2n) is 4.62. The first kappa shape index (κ1) is 15.9. The molecule has 0 fully saturated rings. The molecule has 0 atom stereocenters. The smallest absolute Gasteiger partial charge is 0.339 e. The number of methoxy groups -OCH3 is 1. The van der Waals surface area contributed by atoms with Crippen LogP contribution >= 0.6 is 27.5 Å². The van der Waals surface area contributed by atoms with Gasteiger partial charge in [0.2, 0.25) is 0 Å². The summed E-state index contributed by atoms with van der Waals surface area (Å²) in [6, 6.07) is 11.4. The van der Waals surface area contributed by atoms with Crippen LogP contribution in [0.25, 0.3) is 0 Å². The van der Waals surface area contributed by atoms with Gasteiger partial charge in [0.15, 0.2) is 0 Å². The summed E-state index contributed by atoms with van der Waals surface area (Å²) in [7, 11) is 1.34. The molecular formula is C16H15BrClNO2. The minimum absolute atomic E-state index is 0.358. The molecule has 0 spiro atoms. The van der Waals surface area contributed by atoms with Gasteiger partial charge in [-0.1, -0.05) is 39.7 Å². The molecule has 3 nitrogen and oxygen atoms in total. The molecule has 110 valence electrons. The van der Waals surface area contributed by atoms with Gasteiger partial charge in [0.05, 0.1) is 17.7 Å². The number of halogens is 2. The van der Waals surface area contributed by atoms with E-state index in [-0.39, 0.29) is 0 Å². The molecule has 21 heavy (non-hydrogen) atoms. The molecule has 0 aliphatic heterocycles. The van der Waals surface area contributed by atoms with Crippen molar-refractivity contribution in [2.24, 2.45) is 0 Å². The van der Waals surface area contributed by atoms with Crippen LogP contribution in [0.3, 0.4) is 0 Å². The van der Waals surface area contributed by atoms with E-state index in [1.165, 1.54) is 12.7 Å². The van der Waals surface area contributed by atoms with Gasteiger partial charge in [0.25, 0.3) is 0 Å². The number of anilines is 1. The lowest BCUT2D eigenvalue weighted by Gasteiger charge is -2.10. The number of esters is 1. The van der Waals surface area contributed by atoms with Crippen LogP contribution in [-0.2, 0) is 11.3 Å². The number of ether oxygens (including phenoxy) is 1. The molecule has 5 heteroatoms. The quantitative estimate of drug-likeness (QED) is 0.787. The van der Waals surface area contributed by atoms with E-state index in [2.05, 4.69) is 27.3 Å². The third-order valence-corrected chi connectivity index (χ3v) is 4.31. The Kier molecular flexibility index (Phi) is 5.26. The maximum absolute atomic E-state index is 11.6. The third-order valence-electron chi connectivity index (χ3n) is 3.09. The van der Waals surface area contributed by atoms with E-state index in [1.807, 2.05) is 25.1 Å². The average molecular weight is 369 g/mol. The average Bonchev–Trinajstić information content (AvgIpc) is 2.49. The lowest BCUT2D eigenvalue weighted by atomic mass is 10.1. The number of aryl methyl sites for hydroxylation is 1. The summed E-state index contributed by atoms with van der Waals surface area (Å²) in [6.45, 7) is 2.71. The molecule has 2 aromatic carbocycles. The van der Waals surface area contributed by atoms with Crippen LogP contribution in [-0.4, -0.2) is 13.1 Å². The zero-order valence-corrected chi connectivity index (χ0v) is 14.1. The van der Waals surface area contributed by atoms with Gasteiger partial charge in [-0.2, -0.15) is 0 Å². The van der Waals surface area contributed by atoms with Crippen molar-refractivity contribution >= 4 is 39.2 Å². The fraction of sp³-hybridized carbons (Fsp3) is 0.188. The molecule has 1 N–H and O–H groups in total. The highest BCUT2D eigenvalue weighted by Crippen LogP contribution is 2.22. The summed E-state index contributed by atoms with van der Waals surface area (Å²) >= 11 is 9.47. The topological polar surface area (TPSA) is 38.3 Å². The molecule has 0 amide bonds. The third kappa shape index (κ3) is 3.99. The van der Waals surface area contributed by atoms with Crippen LogP contribution < -0.4 is 5.32 Å². The van der Waals surface area contributed by atoms with Crippen molar-refractivity contribution in [1.29, 1.82) is 0 Å². The molecule has 0 aliphatic rings. The van der Waals surface area contributed by atoms with E-state index >= 15 is 0 Å². The molecule has 0 saturated carbocycles. The Balaban J connectivity index is 2.13. The molecular weight excluding hydrogens is 354 g/mol. The zero-order valence-electron chi connectivity index (χ0n) is 11.7. The lowest BCUT2D eigenvalue weighted by molar-refractivity contribution is 0.0601. The number of benzene rings is 2. The monoisotopic (exact) mass is 367 g/mol.